The van der Waals surface area contributed by atoms with Crippen LogP contribution in [0.15, 0.2) is 136 Å². The van der Waals surface area contributed by atoms with E-state index in [4.69, 9.17) is 0 Å². The van der Waals surface area contributed by atoms with Crippen molar-refractivity contribution in [3.8, 4) is 46.0 Å². The minimum Gasteiger partial charge on any atom is -0.507 e. The van der Waals surface area contributed by atoms with E-state index in [1.165, 1.54) is 0 Å². The highest BCUT2D eigenvalue weighted by atomic mass is 32.2. The van der Waals surface area contributed by atoms with Gasteiger partial charge in [-0.25, -0.2) is 0 Å². The normalized spacial score (nSPS) is 14.1. The van der Waals surface area contributed by atoms with Crippen LogP contribution in [0.3, 0.4) is 0 Å². The second-order valence-electron chi connectivity index (χ2n) is 21.9. The molecule has 0 saturated heterocycles. The van der Waals surface area contributed by atoms with Gasteiger partial charge < -0.3 is 40.9 Å². The fraction of sp³-hybridized carbons (Fsp3) is 0.143. The van der Waals surface area contributed by atoms with Crippen molar-refractivity contribution >= 4 is 80.9 Å². The van der Waals surface area contributed by atoms with Crippen LogP contribution in [0.2, 0.25) is 0 Å². The molecule has 512 valence electrons. The number of fused-ring (bicyclic) bond motifs is 16. The third kappa shape index (κ3) is 15.3. The number of phenolic OH excluding ortho intramolecular Hbond substituents is 8. The molecule has 0 atom stereocenters. The van der Waals surface area contributed by atoms with Crippen molar-refractivity contribution < 1.29 is 145 Å². The third-order valence-electron chi connectivity index (χ3n) is 15.4. The minimum absolute atomic E-state index is 0.559. The summed E-state index contributed by atoms with van der Waals surface area (Å²) in [7, 11) is -43.5. The van der Waals surface area contributed by atoms with Crippen LogP contribution in [0.25, 0.3) is 0 Å². The van der Waals surface area contributed by atoms with Gasteiger partial charge in [0.1, 0.15) is 46.0 Å². The average molecular weight is 1510 g/mol. The van der Waals surface area contributed by atoms with Crippen LogP contribution in [0, 0.1) is 0 Å². The van der Waals surface area contributed by atoms with Crippen LogP contribution >= 0.6 is 0 Å². The lowest BCUT2D eigenvalue weighted by molar-refractivity contribution is 0.450. The highest BCUT2D eigenvalue weighted by Crippen LogP contribution is 2.44. The molecular formula is C56H48O32S8. The molecule has 40 heteroatoms. The van der Waals surface area contributed by atoms with Crippen molar-refractivity contribution in [1.29, 1.82) is 0 Å². The Bertz CT molecular complexity index is 4440. The van der Waals surface area contributed by atoms with Crippen molar-refractivity contribution in [1.82, 2.24) is 0 Å². The molecule has 0 saturated carbocycles. The van der Waals surface area contributed by atoms with E-state index in [1.54, 1.807) is 0 Å². The van der Waals surface area contributed by atoms with Crippen molar-refractivity contribution in [3.05, 3.63) is 186 Å². The Morgan fingerprint density at radius 1 is 0.156 bits per heavy atom. The second kappa shape index (κ2) is 24.8. The molecule has 9 rings (SSSR count). The van der Waals surface area contributed by atoms with Crippen molar-refractivity contribution in [2.24, 2.45) is 0 Å². The zero-order valence-corrected chi connectivity index (χ0v) is 54.4. The Labute approximate surface area is 544 Å². The van der Waals surface area contributed by atoms with Gasteiger partial charge in [0.25, 0.3) is 80.9 Å². The SMILES string of the molecule is O=S(=O)(O)c1cc2c(O)c(c1)[14CH2]c1cc(S(=O)(=O)O)cc(c1O)[14CH2]c1cc(S(=O)(=O)O)cc(c1O)[14CH2]c1cc(S(=O)(=O)O)cc(c1O)[14CH2]c1cc(S(=O)(=O)O)cc(c1O)[14CH2]c1cc(S(=O)(=O)O)cc(c1O)[14CH2]c1cc(S(=O)(=O)O)cc(c1O)[14CH2]c1cc(S(=O)(=O)O)cc(c1O)[14CH2]2. The quantitative estimate of drug-likeness (QED) is 0.0940. The predicted octanol–water partition coefficient (Wildman–Crippen LogP) is 4.34. The average Bonchev–Trinajstić information content (AvgIpc) is 0.783. The molecule has 8 aromatic carbocycles. The molecule has 16 N–H and O–H groups in total. The van der Waals surface area contributed by atoms with Gasteiger partial charge in [0.15, 0.2) is 0 Å². The Hall–Kier alpha value is -8.56. The molecule has 0 amide bonds. The maximum Gasteiger partial charge on any atom is 0.294 e. The Morgan fingerprint density at radius 3 is 0.271 bits per heavy atom. The lowest BCUT2D eigenvalue weighted by Gasteiger charge is -2.19. The number of rotatable bonds is 8. The van der Waals surface area contributed by atoms with E-state index in [1.807, 2.05) is 0 Å². The van der Waals surface area contributed by atoms with Gasteiger partial charge in [-0.1, -0.05) is 0 Å². The number of hydrogen-bond donors (Lipinski definition) is 16. The van der Waals surface area contributed by atoms with Crippen LogP contribution in [0.5, 0.6) is 46.0 Å². The van der Waals surface area contributed by atoms with Gasteiger partial charge >= 0.3 is 0 Å². The fourth-order valence-corrected chi connectivity index (χ4v) is 15.5. The molecule has 8 aromatic rings. The molecule has 0 heterocycles. The summed E-state index contributed by atoms with van der Waals surface area (Å²) in [5.41, 5.74) is -11.2. The predicted molar refractivity (Wildman–Crippen MR) is 326 cm³/mol. The summed E-state index contributed by atoms with van der Waals surface area (Å²) in [6.45, 7) is 0. The van der Waals surface area contributed by atoms with Gasteiger partial charge in [-0.3, -0.25) is 36.4 Å². The molecule has 1 aliphatic carbocycles. The molecular weight excluding hydrogens is 1460 g/mol. The lowest BCUT2D eigenvalue weighted by Crippen LogP contribution is -2.08. The van der Waals surface area contributed by atoms with E-state index >= 15 is 0 Å². The van der Waals surface area contributed by atoms with E-state index in [0.29, 0.717) is 97.1 Å². The smallest absolute Gasteiger partial charge is 0.294 e. The highest BCUT2D eigenvalue weighted by molar-refractivity contribution is 7.87. The molecule has 0 unspecified atom stereocenters. The van der Waals surface area contributed by atoms with E-state index in [0.717, 1.165) is 0 Å². The Kier molecular flexibility index (Phi) is 18.5. The number of benzene rings is 8. The maximum absolute atomic E-state index is 12.9. The first-order valence-corrected chi connectivity index (χ1v) is 38.0. The van der Waals surface area contributed by atoms with Crippen LogP contribution in [0.4, 0.5) is 0 Å². The zero-order chi connectivity index (χ0) is 71.4. The number of phenols is 8. The number of aromatic hydroxyl groups is 8. The van der Waals surface area contributed by atoms with Crippen LogP contribution in [0.1, 0.15) is 89.0 Å². The molecule has 0 aliphatic heterocycles. The molecule has 0 fully saturated rings. The van der Waals surface area contributed by atoms with Crippen molar-refractivity contribution in [3.63, 3.8) is 0 Å². The van der Waals surface area contributed by atoms with Crippen LogP contribution in [-0.4, -0.2) is 145 Å². The molecule has 0 aromatic heterocycles. The van der Waals surface area contributed by atoms with Gasteiger partial charge in [0.05, 0.1) is 39.2 Å². The summed E-state index contributed by atoms with van der Waals surface area (Å²) < 4.78 is 289. The van der Waals surface area contributed by atoms with E-state index in [-0.39, 0.29) is 0 Å². The molecule has 32 nitrogen and oxygen atoms in total. The Morgan fingerprint density at radius 2 is 0.219 bits per heavy atom. The summed E-state index contributed by atoms with van der Waals surface area (Å²) in [5, 5.41) is 95.2. The summed E-state index contributed by atoms with van der Waals surface area (Å²) in [6, 6.07) is 8.95. The first kappa shape index (κ1) is 71.7. The summed E-state index contributed by atoms with van der Waals surface area (Å²) in [6.07, 6.45) is -8.52. The summed E-state index contributed by atoms with van der Waals surface area (Å²) in [5.74, 6) is -8.46. The second-order valence-corrected chi connectivity index (χ2v) is 33.3. The first-order valence-electron chi connectivity index (χ1n) is 26.4. The van der Waals surface area contributed by atoms with Crippen molar-refractivity contribution in [2.75, 3.05) is 0 Å². The standard InChI is InChI=1S/C56H48O32S8/c57-49-25-1-26-10-42(90(68,69)70)12-28(50(26)58)3-30-14-44(92(74,75)76)16-32(52(30)60)5-34-18-46(94(80,81)82)20-36(54(34)62)7-38-22-48(96(86,87)88)24-40(56(38)64)8-39-23-47(95(83,84)85)21-37(55(39)63)6-35-19-45(93(77,78)79)17-33(53(35)61)4-31-15-43(91(71,72)73)13-29(51(31)59)2-27(49)11-41(9-25)89(65,66)67/h9-24,57-64H,1-8H2,(H,65,66,67)(H,68,69,70)(H,71,72,73)(H,74,75,76)(H,77,78,79)(H,80,81,82)(H,83,84,85)(H,86,87,88)/i1+2,2+2,3+2,4+2,5+2,6+2,7+2,8+2. The zero-order valence-electron chi connectivity index (χ0n) is 47.8. The molecule has 96 heavy (non-hydrogen) atoms. The van der Waals surface area contributed by atoms with E-state index in [2.05, 4.69) is 0 Å². The maximum atomic E-state index is 12.9. The fourth-order valence-electron chi connectivity index (χ4n) is 10.8. The van der Waals surface area contributed by atoms with E-state index in [9.17, 15) is 145 Å². The third-order valence-corrected chi connectivity index (χ3v) is 22.0. The van der Waals surface area contributed by atoms with Gasteiger partial charge in [0, 0.05) is 140 Å². The monoisotopic (exact) mass is 1500 g/mol. The first-order chi connectivity index (χ1) is 43.9. The number of hydrogen-bond acceptors (Lipinski definition) is 24. The Balaban J connectivity index is 1.36. The van der Waals surface area contributed by atoms with E-state index < -0.39 is 306 Å². The molecule has 0 radical (unpaired) electrons. The van der Waals surface area contributed by atoms with Gasteiger partial charge in [0.2, 0.25) is 0 Å². The molecule has 0 spiro atoms. The van der Waals surface area contributed by atoms with Gasteiger partial charge in [-0.05, 0) is 97.1 Å². The summed E-state index contributed by atoms with van der Waals surface area (Å²) >= 11 is 0. The van der Waals surface area contributed by atoms with Crippen LogP contribution < -0.4 is 0 Å². The van der Waals surface area contributed by atoms with Gasteiger partial charge in [-0.2, -0.15) is 67.3 Å². The van der Waals surface area contributed by atoms with Crippen molar-refractivity contribution in [2.45, 2.75) is 90.5 Å². The van der Waals surface area contributed by atoms with Gasteiger partial charge in [-0.15, -0.1) is 0 Å². The largest absolute Gasteiger partial charge is 0.507 e. The topological polar surface area (TPSA) is 597 Å². The molecule has 16 bridgehead atoms. The minimum atomic E-state index is -5.43. The highest BCUT2D eigenvalue weighted by Gasteiger charge is 2.31. The van der Waals surface area contributed by atoms with Crippen LogP contribution in [-0.2, 0) is 132 Å². The molecule has 1 aliphatic rings. The summed E-state index contributed by atoms with van der Waals surface area (Å²) in [4.78, 5) is -8.91. The lowest BCUT2D eigenvalue weighted by atomic mass is 10.1.